The van der Waals surface area contributed by atoms with Crippen molar-refractivity contribution in [1.82, 2.24) is 19.1 Å². The van der Waals surface area contributed by atoms with Crippen LogP contribution in [0.25, 0.3) is 11.3 Å². The molecule has 2 aromatic heterocycles. The minimum Gasteiger partial charge on any atom is -0.361 e. The monoisotopic (exact) mass is 404 g/mol. The van der Waals surface area contributed by atoms with E-state index < -0.39 is 19.7 Å². The van der Waals surface area contributed by atoms with Gasteiger partial charge in [0.05, 0.1) is 12.2 Å². The van der Waals surface area contributed by atoms with E-state index in [-0.39, 0.29) is 0 Å². The SMILES string of the molecule is Cc1nccn1Cc1nc(-c2ccc(F)c(F)c2)cn1COCC[Si](C)(C)C. The Morgan fingerprint density at radius 3 is 2.54 bits per heavy atom. The summed E-state index contributed by atoms with van der Waals surface area (Å²) in [7, 11) is -1.17. The zero-order valence-electron chi connectivity index (χ0n) is 16.7. The van der Waals surface area contributed by atoms with Crippen molar-refractivity contribution in [3.8, 4) is 11.3 Å². The molecule has 0 aliphatic carbocycles. The molecule has 0 amide bonds. The van der Waals surface area contributed by atoms with Crippen LogP contribution in [0.2, 0.25) is 25.7 Å². The molecule has 5 nitrogen and oxygen atoms in total. The average molecular weight is 405 g/mol. The van der Waals surface area contributed by atoms with Crippen molar-refractivity contribution in [2.75, 3.05) is 6.61 Å². The summed E-state index contributed by atoms with van der Waals surface area (Å²) in [5.41, 5.74) is 1.11. The van der Waals surface area contributed by atoms with Gasteiger partial charge in [-0.25, -0.2) is 18.7 Å². The molecule has 0 bridgehead atoms. The molecular weight excluding hydrogens is 378 g/mol. The summed E-state index contributed by atoms with van der Waals surface area (Å²) in [4.78, 5) is 8.89. The van der Waals surface area contributed by atoms with Crippen LogP contribution in [0, 0.1) is 18.6 Å². The van der Waals surface area contributed by atoms with Gasteiger partial charge < -0.3 is 13.9 Å². The molecule has 3 aromatic rings. The first kappa shape index (κ1) is 20.4. The Bertz CT molecular complexity index is 946. The Hall–Kier alpha value is -2.32. The number of imidazole rings is 2. The molecule has 0 fully saturated rings. The lowest BCUT2D eigenvalue weighted by Gasteiger charge is -2.16. The molecule has 0 N–H and O–H groups in total. The van der Waals surface area contributed by atoms with Gasteiger partial charge in [-0.15, -0.1) is 0 Å². The highest BCUT2D eigenvalue weighted by atomic mass is 28.3. The van der Waals surface area contributed by atoms with Gasteiger partial charge in [0.15, 0.2) is 11.6 Å². The number of aromatic nitrogens is 4. The van der Waals surface area contributed by atoms with Crippen LogP contribution in [0.4, 0.5) is 8.78 Å². The minimum absolute atomic E-state index is 0.365. The molecule has 2 heterocycles. The van der Waals surface area contributed by atoms with E-state index in [1.165, 1.54) is 12.1 Å². The second-order valence-corrected chi connectivity index (χ2v) is 13.7. The lowest BCUT2D eigenvalue weighted by atomic mass is 10.1. The summed E-state index contributed by atoms with van der Waals surface area (Å²) >= 11 is 0. The second kappa shape index (κ2) is 8.36. The molecule has 0 saturated heterocycles. The Balaban J connectivity index is 1.83. The molecular formula is C20H26F2N4OSi. The topological polar surface area (TPSA) is 44.9 Å². The van der Waals surface area contributed by atoms with Gasteiger partial charge in [-0.1, -0.05) is 19.6 Å². The van der Waals surface area contributed by atoms with Crippen LogP contribution in [-0.4, -0.2) is 33.8 Å². The second-order valence-electron chi connectivity index (χ2n) is 8.09. The third kappa shape index (κ3) is 5.14. The molecule has 0 saturated carbocycles. The van der Waals surface area contributed by atoms with Crippen molar-refractivity contribution in [2.45, 2.75) is 45.9 Å². The highest BCUT2D eigenvalue weighted by Gasteiger charge is 2.15. The number of hydrogen-bond donors (Lipinski definition) is 0. The molecule has 0 aliphatic heterocycles. The summed E-state index contributed by atoms with van der Waals surface area (Å²) in [6, 6.07) is 4.89. The normalized spacial score (nSPS) is 11.9. The molecule has 8 heteroatoms. The van der Waals surface area contributed by atoms with Crippen molar-refractivity contribution < 1.29 is 13.5 Å². The van der Waals surface area contributed by atoms with Crippen LogP contribution in [0.3, 0.4) is 0 Å². The van der Waals surface area contributed by atoms with Crippen LogP contribution in [0.5, 0.6) is 0 Å². The zero-order chi connectivity index (χ0) is 20.3. The zero-order valence-corrected chi connectivity index (χ0v) is 17.7. The Labute approximate surface area is 165 Å². The van der Waals surface area contributed by atoms with Crippen LogP contribution in [0.1, 0.15) is 11.6 Å². The Morgan fingerprint density at radius 2 is 1.89 bits per heavy atom. The van der Waals surface area contributed by atoms with E-state index in [1.54, 1.807) is 6.20 Å². The maximum absolute atomic E-state index is 13.6. The molecule has 0 atom stereocenters. The van der Waals surface area contributed by atoms with Gasteiger partial charge in [-0.3, -0.25) is 0 Å². The lowest BCUT2D eigenvalue weighted by molar-refractivity contribution is 0.0849. The molecule has 0 radical (unpaired) electrons. The minimum atomic E-state index is -1.17. The molecule has 0 unspecified atom stereocenters. The highest BCUT2D eigenvalue weighted by molar-refractivity contribution is 6.76. The number of ether oxygens (including phenoxy) is 1. The number of benzene rings is 1. The fourth-order valence-electron chi connectivity index (χ4n) is 2.75. The van der Waals surface area contributed by atoms with E-state index in [0.717, 1.165) is 23.8 Å². The molecule has 0 spiro atoms. The fraction of sp³-hybridized carbons (Fsp3) is 0.400. The molecule has 1 aromatic carbocycles. The van der Waals surface area contributed by atoms with Gasteiger partial charge in [0.2, 0.25) is 0 Å². The first-order valence-corrected chi connectivity index (χ1v) is 13.0. The summed E-state index contributed by atoms with van der Waals surface area (Å²) in [6.07, 6.45) is 5.45. The van der Waals surface area contributed by atoms with Gasteiger partial charge in [0.1, 0.15) is 18.4 Å². The molecule has 150 valence electrons. The predicted molar refractivity (Wildman–Crippen MR) is 108 cm³/mol. The predicted octanol–water partition coefficient (Wildman–Crippen LogP) is 4.69. The number of nitrogens with zero attached hydrogens (tertiary/aromatic N) is 4. The maximum Gasteiger partial charge on any atom is 0.159 e. The Kier molecular flexibility index (Phi) is 6.10. The van der Waals surface area contributed by atoms with Crippen LogP contribution in [0.15, 0.2) is 36.8 Å². The number of rotatable bonds is 8. The van der Waals surface area contributed by atoms with Crippen molar-refractivity contribution in [2.24, 2.45) is 0 Å². The molecule has 28 heavy (non-hydrogen) atoms. The third-order valence-corrected chi connectivity index (χ3v) is 6.24. The van der Waals surface area contributed by atoms with Crippen LogP contribution >= 0.6 is 0 Å². The third-order valence-electron chi connectivity index (χ3n) is 4.54. The van der Waals surface area contributed by atoms with Gasteiger partial charge in [-0.05, 0) is 31.2 Å². The number of hydrogen-bond acceptors (Lipinski definition) is 3. The highest BCUT2D eigenvalue weighted by Crippen LogP contribution is 2.22. The van der Waals surface area contributed by atoms with E-state index in [1.807, 2.05) is 28.5 Å². The van der Waals surface area contributed by atoms with Crippen molar-refractivity contribution in [3.05, 3.63) is 60.1 Å². The largest absolute Gasteiger partial charge is 0.361 e. The van der Waals surface area contributed by atoms with Gasteiger partial charge in [0.25, 0.3) is 0 Å². The van der Waals surface area contributed by atoms with E-state index in [2.05, 4.69) is 29.6 Å². The fourth-order valence-corrected chi connectivity index (χ4v) is 3.51. The van der Waals surface area contributed by atoms with Gasteiger partial charge in [0, 0.05) is 38.8 Å². The summed E-state index contributed by atoms with van der Waals surface area (Å²) < 4.78 is 36.7. The van der Waals surface area contributed by atoms with Crippen molar-refractivity contribution in [3.63, 3.8) is 0 Å². The first-order chi connectivity index (χ1) is 13.2. The van der Waals surface area contributed by atoms with Crippen LogP contribution in [-0.2, 0) is 18.0 Å². The standard InChI is InChI=1S/C20H26F2N4OSi/c1-15-23-7-8-25(15)13-20-24-19(16-5-6-17(21)18(22)11-16)12-26(20)14-27-9-10-28(2,3)4/h5-8,11-12H,9-10,13-14H2,1-4H3. The van der Waals surface area contributed by atoms with E-state index >= 15 is 0 Å². The lowest BCUT2D eigenvalue weighted by Crippen LogP contribution is -2.22. The van der Waals surface area contributed by atoms with Crippen molar-refractivity contribution >= 4 is 8.07 Å². The molecule has 3 rings (SSSR count). The number of aryl methyl sites for hydroxylation is 1. The summed E-state index contributed by atoms with van der Waals surface area (Å²) in [5, 5.41) is 0. The van der Waals surface area contributed by atoms with E-state index in [4.69, 9.17) is 4.74 Å². The quantitative estimate of drug-likeness (QED) is 0.404. The van der Waals surface area contributed by atoms with E-state index in [0.29, 0.717) is 31.1 Å². The summed E-state index contributed by atoms with van der Waals surface area (Å²) in [6.45, 7) is 10.4. The average Bonchev–Trinajstić information content (AvgIpc) is 3.20. The number of halogens is 2. The summed E-state index contributed by atoms with van der Waals surface area (Å²) in [5.74, 6) is -0.102. The maximum atomic E-state index is 13.6. The van der Waals surface area contributed by atoms with E-state index in [9.17, 15) is 8.78 Å². The van der Waals surface area contributed by atoms with Crippen molar-refractivity contribution in [1.29, 1.82) is 0 Å². The molecule has 0 aliphatic rings. The first-order valence-electron chi connectivity index (χ1n) is 9.30. The smallest absolute Gasteiger partial charge is 0.159 e. The van der Waals surface area contributed by atoms with Crippen LogP contribution < -0.4 is 0 Å². The Morgan fingerprint density at radius 1 is 1.11 bits per heavy atom. The van der Waals surface area contributed by atoms with Gasteiger partial charge >= 0.3 is 0 Å². The van der Waals surface area contributed by atoms with Gasteiger partial charge in [-0.2, -0.15) is 0 Å².